The highest BCUT2D eigenvalue weighted by Gasteiger charge is 2.75. The average Bonchev–Trinajstić information content (AvgIpc) is 3.24. The van der Waals surface area contributed by atoms with E-state index in [1.165, 1.54) is 14.2 Å². The van der Waals surface area contributed by atoms with Crippen LogP contribution in [0.25, 0.3) is 0 Å². The number of esters is 1. The molecular weight excluding hydrogens is 444 g/mol. The predicted molar refractivity (Wildman–Crippen MR) is 118 cm³/mol. The number of hydrogen-bond acceptors (Lipinski definition) is 8. The molecule has 10 nitrogen and oxygen atoms in total. The lowest BCUT2D eigenvalue weighted by atomic mass is 9.47. The van der Waals surface area contributed by atoms with Gasteiger partial charge >= 0.3 is 18.0 Å². The first-order valence-corrected chi connectivity index (χ1v) is 11.3. The highest BCUT2D eigenvalue weighted by Crippen LogP contribution is 2.67. The second kappa shape index (κ2) is 7.44. The molecule has 3 aliphatic heterocycles. The highest BCUT2D eigenvalue weighted by atomic mass is 16.6. The minimum absolute atomic E-state index is 0.177. The van der Waals surface area contributed by atoms with E-state index in [0.29, 0.717) is 25.1 Å². The van der Waals surface area contributed by atoms with Crippen LogP contribution in [0.2, 0.25) is 0 Å². The molecule has 1 saturated carbocycles. The SMILES string of the molecule is COC(=O)N1c2c(OC)cccc2[C@]23CCN4CC=C[C@@](C(=O)O)(CC[C@H]2[C@@]1(O)C(=O)OC)[C@@H]43. The minimum Gasteiger partial charge on any atom is -0.495 e. The topological polar surface area (TPSA) is 126 Å². The molecule has 1 spiro atoms. The van der Waals surface area contributed by atoms with Crippen LogP contribution in [-0.2, 0) is 24.5 Å². The molecule has 10 heteroatoms. The number of aliphatic carboxylic acids is 1. The maximum absolute atomic E-state index is 13.3. The molecule has 0 aromatic heterocycles. The highest BCUT2D eigenvalue weighted by molar-refractivity contribution is 6.02. The van der Waals surface area contributed by atoms with Crippen molar-refractivity contribution in [1.82, 2.24) is 4.90 Å². The van der Waals surface area contributed by atoms with Crippen molar-refractivity contribution in [3.05, 3.63) is 35.9 Å². The van der Waals surface area contributed by atoms with Gasteiger partial charge in [-0.1, -0.05) is 24.3 Å². The fourth-order valence-corrected chi connectivity index (χ4v) is 7.27. The molecule has 34 heavy (non-hydrogen) atoms. The summed E-state index contributed by atoms with van der Waals surface area (Å²) in [5.41, 5.74) is -3.73. The van der Waals surface area contributed by atoms with Gasteiger partial charge in [0.2, 0.25) is 0 Å². The number of rotatable bonds is 3. The zero-order valence-corrected chi connectivity index (χ0v) is 19.3. The molecule has 182 valence electrons. The number of amides is 1. The van der Waals surface area contributed by atoms with Crippen LogP contribution in [0, 0.1) is 11.3 Å². The van der Waals surface area contributed by atoms with Crippen LogP contribution < -0.4 is 9.64 Å². The standard InChI is InChI=1S/C24H28N2O8/c1-32-15-7-4-6-14-17(15)26(21(30)34-3)24(31,20(29)33-2)16-8-10-22(19(27)28)9-5-12-25-13-11-23(14,16)18(22)25/h4-7,9,16,18,31H,8,10-13H2,1-3H3,(H,27,28)/t16-,18-,22-,23-,24-/m1/s1. The number of carboxylic acids is 1. The first kappa shape index (κ1) is 22.7. The van der Waals surface area contributed by atoms with Crippen molar-refractivity contribution in [2.24, 2.45) is 11.3 Å². The largest absolute Gasteiger partial charge is 0.495 e. The summed E-state index contributed by atoms with van der Waals surface area (Å²) in [7, 11) is 3.74. The number of carbonyl (C=O) groups excluding carboxylic acids is 2. The molecular formula is C24H28N2O8. The number of nitrogens with zero attached hydrogens (tertiary/aromatic N) is 2. The number of methoxy groups -OCH3 is 3. The molecule has 1 aromatic carbocycles. The number of para-hydroxylation sites is 1. The van der Waals surface area contributed by atoms with Gasteiger partial charge < -0.3 is 24.4 Å². The number of aliphatic hydroxyl groups is 1. The molecule has 1 saturated heterocycles. The van der Waals surface area contributed by atoms with Gasteiger partial charge in [-0.05, 0) is 37.4 Å². The van der Waals surface area contributed by atoms with E-state index in [1.807, 2.05) is 12.1 Å². The Morgan fingerprint density at radius 2 is 1.88 bits per heavy atom. The Morgan fingerprint density at radius 3 is 2.53 bits per heavy atom. The molecule has 0 radical (unpaired) electrons. The van der Waals surface area contributed by atoms with Gasteiger partial charge in [0.05, 0.1) is 27.0 Å². The van der Waals surface area contributed by atoms with E-state index in [-0.39, 0.29) is 24.3 Å². The Kier molecular flexibility index (Phi) is 4.96. The van der Waals surface area contributed by atoms with Crippen molar-refractivity contribution in [2.45, 2.75) is 36.4 Å². The van der Waals surface area contributed by atoms with Crippen molar-refractivity contribution in [3.63, 3.8) is 0 Å². The fourth-order valence-electron chi connectivity index (χ4n) is 7.27. The monoisotopic (exact) mass is 472 g/mol. The summed E-state index contributed by atoms with van der Waals surface area (Å²) in [6.45, 7) is 1.14. The molecule has 0 unspecified atom stereocenters. The minimum atomic E-state index is -2.43. The Bertz CT molecular complexity index is 1100. The second-order valence-electron chi connectivity index (χ2n) is 9.41. The fraction of sp³-hybridized carbons (Fsp3) is 0.542. The summed E-state index contributed by atoms with van der Waals surface area (Å²) in [5, 5.41) is 22.6. The van der Waals surface area contributed by atoms with Gasteiger partial charge in [0.15, 0.2) is 0 Å². The average molecular weight is 472 g/mol. The quantitative estimate of drug-likeness (QED) is 0.497. The van der Waals surface area contributed by atoms with E-state index in [2.05, 4.69) is 4.90 Å². The zero-order chi connectivity index (χ0) is 24.5. The van der Waals surface area contributed by atoms with Gasteiger partial charge in [0.25, 0.3) is 5.72 Å². The smallest absolute Gasteiger partial charge is 0.417 e. The molecule has 4 aliphatic rings. The summed E-state index contributed by atoms with van der Waals surface area (Å²) in [4.78, 5) is 42.3. The van der Waals surface area contributed by atoms with Gasteiger partial charge in [-0.25, -0.2) is 14.5 Å². The molecule has 1 aliphatic carbocycles. The van der Waals surface area contributed by atoms with Gasteiger partial charge in [0, 0.05) is 23.9 Å². The maximum atomic E-state index is 13.3. The predicted octanol–water partition coefficient (Wildman–Crippen LogP) is 1.51. The van der Waals surface area contributed by atoms with E-state index < -0.39 is 46.5 Å². The summed E-state index contributed by atoms with van der Waals surface area (Å²) < 4.78 is 15.6. The van der Waals surface area contributed by atoms with E-state index in [0.717, 1.165) is 12.0 Å². The number of benzene rings is 1. The van der Waals surface area contributed by atoms with E-state index in [9.17, 15) is 24.6 Å². The molecule has 3 heterocycles. The van der Waals surface area contributed by atoms with Crippen molar-refractivity contribution in [2.75, 3.05) is 39.3 Å². The number of fused-ring (bicyclic) bond motifs is 1. The van der Waals surface area contributed by atoms with Crippen LogP contribution in [0.3, 0.4) is 0 Å². The molecule has 5 atom stereocenters. The molecule has 5 rings (SSSR count). The van der Waals surface area contributed by atoms with Gasteiger partial charge in [-0.3, -0.25) is 9.69 Å². The number of hydrogen-bond donors (Lipinski definition) is 2. The van der Waals surface area contributed by atoms with Crippen molar-refractivity contribution >= 4 is 23.7 Å². The zero-order valence-electron chi connectivity index (χ0n) is 19.3. The van der Waals surface area contributed by atoms with Crippen LogP contribution in [0.5, 0.6) is 5.75 Å². The van der Waals surface area contributed by atoms with Crippen LogP contribution in [-0.4, -0.2) is 79.3 Å². The molecule has 1 amide bonds. The van der Waals surface area contributed by atoms with Crippen LogP contribution in [0.1, 0.15) is 24.8 Å². The Balaban J connectivity index is 1.89. The number of carbonyl (C=O) groups is 3. The van der Waals surface area contributed by atoms with Crippen molar-refractivity contribution in [1.29, 1.82) is 0 Å². The molecule has 0 bridgehead atoms. The lowest BCUT2D eigenvalue weighted by Gasteiger charge is -2.62. The van der Waals surface area contributed by atoms with Crippen molar-refractivity contribution < 1.29 is 38.8 Å². The Morgan fingerprint density at radius 1 is 1.12 bits per heavy atom. The van der Waals surface area contributed by atoms with Gasteiger partial charge in [-0.2, -0.15) is 0 Å². The Labute approximate surface area is 196 Å². The second-order valence-corrected chi connectivity index (χ2v) is 9.41. The first-order chi connectivity index (χ1) is 16.2. The summed E-state index contributed by atoms with van der Waals surface area (Å²) in [6.07, 6.45) is 3.57. The lowest BCUT2D eigenvalue weighted by molar-refractivity contribution is -0.183. The molecule has 1 aromatic rings. The first-order valence-electron chi connectivity index (χ1n) is 11.3. The van der Waals surface area contributed by atoms with E-state index >= 15 is 0 Å². The summed E-state index contributed by atoms with van der Waals surface area (Å²) in [5.74, 6) is -2.53. The van der Waals surface area contributed by atoms with E-state index in [4.69, 9.17) is 14.2 Å². The van der Waals surface area contributed by atoms with Crippen molar-refractivity contribution in [3.8, 4) is 5.75 Å². The Hall–Kier alpha value is -3.11. The molecule has 2 fully saturated rings. The normalized spacial score (nSPS) is 35.6. The molecule has 2 N–H and O–H groups in total. The third-order valence-electron chi connectivity index (χ3n) is 8.39. The maximum Gasteiger partial charge on any atom is 0.417 e. The number of anilines is 1. The third-order valence-corrected chi connectivity index (χ3v) is 8.39. The summed E-state index contributed by atoms with van der Waals surface area (Å²) >= 11 is 0. The van der Waals surface area contributed by atoms with Crippen LogP contribution in [0.15, 0.2) is 30.4 Å². The number of carboxylic acid groups (broad SMARTS) is 1. The van der Waals surface area contributed by atoms with Crippen LogP contribution >= 0.6 is 0 Å². The third kappa shape index (κ3) is 2.44. The lowest BCUT2D eigenvalue weighted by Crippen LogP contribution is -2.75. The number of ether oxygens (including phenoxy) is 3. The van der Waals surface area contributed by atoms with Gasteiger partial charge in [0.1, 0.15) is 11.2 Å². The van der Waals surface area contributed by atoms with E-state index in [1.54, 1.807) is 18.2 Å². The van der Waals surface area contributed by atoms with Gasteiger partial charge in [-0.15, -0.1) is 0 Å². The summed E-state index contributed by atoms with van der Waals surface area (Å²) in [6, 6.07) is 4.70. The van der Waals surface area contributed by atoms with Crippen LogP contribution in [0.4, 0.5) is 10.5 Å².